The molecule has 1 fully saturated rings. The number of nitrogens with one attached hydrogen (secondary N) is 2. The third-order valence-electron chi connectivity index (χ3n) is 4.90. The number of aliphatic imine (C=N–C) groups is 1. The van der Waals surface area contributed by atoms with E-state index < -0.39 is 0 Å². The number of likely N-dealkylation sites (tertiary alicyclic amines) is 1. The highest BCUT2D eigenvalue weighted by Gasteiger charge is 2.20. The summed E-state index contributed by atoms with van der Waals surface area (Å²) in [5.41, 5.74) is 2.22. The van der Waals surface area contributed by atoms with Crippen LogP contribution < -0.4 is 10.6 Å². The lowest BCUT2D eigenvalue weighted by atomic mass is 10.1. The minimum atomic E-state index is 0.582. The number of hydrogen-bond donors (Lipinski definition) is 2. The van der Waals surface area contributed by atoms with E-state index in [1.165, 1.54) is 31.5 Å². The van der Waals surface area contributed by atoms with Crippen LogP contribution in [0.5, 0.6) is 0 Å². The van der Waals surface area contributed by atoms with Gasteiger partial charge >= 0.3 is 0 Å². The van der Waals surface area contributed by atoms with Gasteiger partial charge in [-0.1, -0.05) is 25.9 Å². The molecular weight excluding hydrogens is 302 g/mol. The van der Waals surface area contributed by atoms with E-state index in [2.05, 4.69) is 46.5 Å². The van der Waals surface area contributed by atoms with Gasteiger partial charge in [0.15, 0.2) is 5.96 Å². The quantitative estimate of drug-likeness (QED) is 0.564. The van der Waals surface area contributed by atoms with E-state index >= 15 is 0 Å². The Bertz CT molecular complexity index is 498. The Kier molecular flexibility index (Phi) is 7.56. The average Bonchev–Trinajstić information content (AvgIpc) is 3.27. The Morgan fingerprint density at radius 3 is 2.54 bits per heavy atom. The van der Waals surface area contributed by atoms with Gasteiger partial charge in [-0.25, -0.2) is 0 Å². The molecular formula is C18H33N5O. The lowest BCUT2D eigenvalue weighted by Crippen LogP contribution is -2.46. The van der Waals surface area contributed by atoms with E-state index in [0.717, 1.165) is 43.2 Å². The first-order chi connectivity index (χ1) is 11.7. The molecule has 0 aliphatic carbocycles. The second kappa shape index (κ2) is 9.67. The zero-order chi connectivity index (χ0) is 17.4. The van der Waals surface area contributed by atoms with Crippen LogP contribution in [0, 0.1) is 0 Å². The van der Waals surface area contributed by atoms with Crippen molar-refractivity contribution in [3.8, 4) is 0 Å². The fourth-order valence-electron chi connectivity index (χ4n) is 3.38. The van der Waals surface area contributed by atoms with Crippen molar-refractivity contribution in [2.24, 2.45) is 4.99 Å². The Hall–Kier alpha value is -1.56. The van der Waals surface area contributed by atoms with Crippen LogP contribution in [-0.2, 0) is 19.4 Å². The van der Waals surface area contributed by atoms with Crippen molar-refractivity contribution < 1.29 is 4.52 Å². The fourth-order valence-corrected chi connectivity index (χ4v) is 3.38. The summed E-state index contributed by atoms with van der Waals surface area (Å²) in [6.07, 6.45) is 5.57. The predicted molar refractivity (Wildman–Crippen MR) is 98.3 cm³/mol. The second-order valence-corrected chi connectivity index (χ2v) is 6.35. The highest BCUT2D eigenvalue weighted by atomic mass is 16.5. The van der Waals surface area contributed by atoms with Gasteiger partial charge in [-0.15, -0.1) is 0 Å². The molecule has 2 heterocycles. The Balaban J connectivity index is 1.87. The van der Waals surface area contributed by atoms with Crippen molar-refractivity contribution >= 4 is 5.96 Å². The molecule has 1 aromatic rings. The van der Waals surface area contributed by atoms with E-state index in [9.17, 15) is 0 Å². The maximum atomic E-state index is 5.43. The molecule has 136 valence electrons. The van der Waals surface area contributed by atoms with Crippen LogP contribution in [-0.4, -0.2) is 48.7 Å². The molecule has 1 aliphatic rings. The predicted octanol–water partition coefficient (Wildman–Crippen LogP) is 2.34. The fraction of sp³-hybridized carbons (Fsp3) is 0.778. The SMILES string of the molecule is CCc1noc(CC)c1CNC(=NC)NCC(CC)N1CCCC1. The lowest BCUT2D eigenvalue weighted by molar-refractivity contribution is 0.236. The average molecular weight is 335 g/mol. The van der Waals surface area contributed by atoms with Crippen molar-refractivity contribution in [2.45, 2.75) is 65.5 Å². The number of hydrogen-bond acceptors (Lipinski definition) is 4. The summed E-state index contributed by atoms with van der Waals surface area (Å²) in [6.45, 7) is 10.6. The van der Waals surface area contributed by atoms with Crippen molar-refractivity contribution in [1.82, 2.24) is 20.7 Å². The van der Waals surface area contributed by atoms with Crippen LogP contribution in [0.4, 0.5) is 0 Å². The summed E-state index contributed by atoms with van der Waals surface area (Å²) < 4.78 is 5.43. The highest BCUT2D eigenvalue weighted by molar-refractivity contribution is 5.79. The van der Waals surface area contributed by atoms with Crippen molar-refractivity contribution in [2.75, 3.05) is 26.7 Å². The second-order valence-electron chi connectivity index (χ2n) is 6.35. The first kappa shape index (κ1) is 18.8. The normalized spacial score (nSPS) is 17.2. The van der Waals surface area contributed by atoms with Crippen molar-refractivity contribution in [1.29, 1.82) is 0 Å². The monoisotopic (exact) mass is 335 g/mol. The smallest absolute Gasteiger partial charge is 0.191 e. The number of rotatable bonds is 8. The van der Waals surface area contributed by atoms with Gasteiger partial charge in [0.1, 0.15) is 5.76 Å². The molecule has 0 amide bonds. The van der Waals surface area contributed by atoms with Gasteiger partial charge in [-0.2, -0.15) is 0 Å². The van der Waals surface area contributed by atoms with E-state index in [-0.39, 0.29) is 0 Å². The zero-order valence-electron chi connectivity index (χ0n) is 15.7. The third-order valence-corrected chi connectivity index (χ3v) is 4.90. The summed E-state index contributed by atoms with van der Waals surface area (Å²) in [4.78, 5) is 6.94. The first-order valence-corrected chi connectivity index (χ1v) is 9.38. The number of aryl methyl sites for hydroxylation is 2. The molecule has 1 aliphatic heterocycles. The van der Waals surface area contributed by atoms with Crippen LogP contribution >= 0.6 is 0 Å². The molecule has 1 aromatic heterocycles. The minimum absolute atomic E-state index is 0.582. The lowest BCUT2D eigenvalue weighted by Gasteiger charge is -2.27. The van der Waals surface area contributed by atoms with Crippen molar-refractivity contribution in [3.63, 3.8) is 0 Å². The van der Waals surface area contributed by atoms with E-state index in [1.54, 1.807) is 0 Å². The van der Waals surface area contributed by atoms with E-state index in [1.807, 2.05) is 7.05 Å². The third kappa shape index (κ3) is 4.72. The summed E-state index contributed by atoms with van der Waals surface area (Å²) in [5.74, 6) is 1.82. The van der Waals surface area contributed by atoms with Crippen LogP contribution in [0.15, 0.2) is 9.52 Å². The molecule has 0 spiro atoms. The molecule has 1 unspecified atom stereocenters. The minimum Gasteiger partial charge on any atom is -0.361 e. The topological polar surface area (TPSA) is 65.7 Å². The molecule has 0 aromatic carbocycles. The van der Waals surface area contributed by atoms with Gasteiger partial charge in [0.05, 0.1) is 5.69 Å². The summed E-state index contributed by atoms with van der Waals surface area (Å²) in [6, 6.07) is 0.582. The number of nitrogens with zero attached hydrogens (tertiary/aromatic N) is 3. The van der Waals surface area contributed by atoms with Crippen LogP contribution in [0.2, 0.25) is 0 Å². The summed E-state index contributed by atoms with van der Waals surface area (Å²) in [5, 5.41) is 11.1. The molecule has 2 rings (SSSR count). The molecule has 24 heavy (non-hydrogen) atoms. The van der Waals surface area contributed by atoms with Gasteiger partial charge in [0, 0.05) is 38.2 Å². The Morgan fingerprint density at radius 1 is 1.21 bits per heavy atom. The summed E-state index contributed by atoms with van der Waals surface area (Å²) >= 11 is 0. The molecule has 0 saturated carbocycles. The molecule has 1 atom stereocenters. The van der Waals surface area contributed by atoms with E-state index in [4.69, 9.17) is 4.52 Å². The molecule has 0 bridgehead atoms. The van der Waals surface area contributed by atoms with Gasteiger partial charge in [0.2, 0.25) is 0 Å². The van der Waals surface area contributed by atoms with Gasteiger partial charge < -0.3 is 15.2 Å². The zero-order valence-corrected chi connectivity index (χ0v) is 15.7. The standard InChI is InChI=1S/C18H33N5O/c1-5-14(23-10-8-9-11-23)12-20-18(19-4)21-13-15-16(6-2)22-24-17(15)7-3/h14H,5-13H2,1-4H3,(H2,19,20,21). The van der Waals surface area contributed by atoms with Crippen LogP contribution in [0.25, 0.3) is 0 Å². The first-order valence-electron chi connectivity index (χ1n) is 9.38. The van der Waals surface area contributed by atoms with Crippen LogP contribution in [0.3, 0.4) is 0 Å². The molecule has 0 radical (unpaired) electrons. The van der Waals surface area contributed by atoms with Crippen LogP contribution in [0.1, 0.15) is 57.1 Å². The highest BCUT2D eigenvalue weighted by Crippen LogP contribution is 2.15. The Morgan fingerprint density at radius 2 is 1.96 bits per heavy atom. The molecule has 6 nitrogen and oxygen atoms in total. The van der Waals surface area contributed by atoms with E-state index in [0.29, 0.717) is 12.6 Å². The molecule has 1 saturated heterocycles. The Labute approximate surface area is 146 Å². The summed E-state index contributed by atoms with van der Waals surface area (Å²) in [7, 11) is 1.82. The number of guanidine groups is 1. The molecule has 2 N–H and O–H groups in total. The van der Waals surface area contributed by atoms with Crippen molar-refractivity contribution in [3.05, 3.63) is 17.0 Å². The number of aromatic nitrogens is 1. The molecule has 6 heteroatoms. The largest absolute Gasteiger partial charge is 0.361 e. The maximum Gasteiger partial charge on any atom is 0.191 e. The van der Waals surface area contributed by atoms with Gasteiger partial charge in [0.25, 0.3) is 0 Å². The van der Waals surface area contributed by atoms with Gasteiger partial charge in [-0.05, 0) is 38.8 Å². The van der Waals surface area contributed by atoms with Gasteiger partial charge in [-0.3, -0.25) is 9.89 Å². The maximum absolute atomic E-state index is 5.43.